The highest BCUT2D eigenvalue weighted by Gasteiger charge is 2.48. The largest absolute Gasteiger partial charge is 0.465 e. The third-order valence-electron chi connectivity index (χ3n) is 3.92. The van der Waals surface area contributed by atoms with E-state index in [1.54, 1.807) is 0 Å². The summed E-state index contributed by atoms with van der Waals surface area (Å²) in [6.07, 6.45) is -0.00945. The highest BCUT2D eigenvalue weighted by atomic mass is 19.1. The first-order valence-corrected chi connectivity index (χ1v) is 6.52. The van der Waals surface area contributed by atoms with E-state index in [1.165, 1.54) is 5.56 Å². The average Bonchev–Trinajstić information content (AvgIpc) is 3.13. The van der Waals surface area contributed by atoms with E-state index in [0.29, 0.717) is 12.0 Å². The zero-order valence-corrected chi connectivity index (χ0v) is 10.6. The molecule has 1 heterocycles. The molecule has 2 unspecified atom stereocenters. The molecule has 1 saturated carbocycles. The Morgan fingerprint density at radius 3 is 2.74 bits per heavy atom. The Hall–Kier alpha value is -1.62. The SMILES string of the molecule is O=C(O)N1CC(F)(CNC2CC2c2ccccc2)C1. The number of carbonyl (C=O) groups is 1. The van der Waals surface area contributed by atoms with Gasteiger partial charge < -0.3 is 15.3 Å². The van der Waals surface area contributed by atoms with Gasteiger partial charge in [0, 0.05) is 18.5 Å². The summed E-state index contributed by atoms with van der Waals surface area (Å²) in [7, 11) is 0. The van der Waals surface area contributed by atoms with Gasteiger partial charge in [-0.15, -0.1) is 0 Å². The summed E-state index contributed by atoms with van der Waals surface area (Å²) in [6, 6.07) is 10.5. The van der Waals surface area contributed by atoms with Gasteiger partial charge in [0.15, 0.2) is 5.67 Å². The highest BCUT2D eigenvalue weighted by Crippen LogP contribution is 2.41. The molecule has 19 heavy (non-hydrogen) atoms. The van der Waals surface area contributed by atoms with Crippen LogP contribution in [-0.2, 0) is 0 Å². The van der Waals surface area contributed by atoms with Crippen LogP contribution in [-0.4, -0.2) is 47.4 Å². The molecule has 1 aromatic carbocycles. The van der Waals surface area contributed by atoms with Crippen molar-refractivity contribution >= 4 is 6.09 Å². The van der Waals surface area contributed by atoms with Crippen molar-refractivity contribution in [3.63, 3.8) is 0 Å². The topological polar surface area (TPSA) is 52.6 Å². The van der Waals surface area contributed by atoms with E-state index in [4.69, 9.17) is 5.11 Å². The number of benzene rings is 1. The lowest BCUT2D eigenvalue weighted by atomic mass is 9.97. The fraction of sp³-hybridized carbons (Fsp3) is 0.500. The number of rotatable bonds is 4. The highest BCUT2D eigenvalue weighted by molar-refractivity contribution is 5.66. The molecule has 0 spiro atoms. The molecule has 0 bridgehead atoms. The van der Waals surface area contributed by atoms with Crippen molar-refractivity contribution in [1.29, 1.82) is 0 Å². The molecule has 102 valence electrons. The van der Waals surface area contributed by atoms with Crippen LogP contribution in [0.15, 0.2) is 30.3 Å². The van der Waals surface area contributed by atoms with E-state index < -0.39 is 11.8 Å². The molecular weight excluding hydrogens is 247 g/mol. The average molecular weight is 264 g/mol. The molecule has 5 heteroatoms. The van der Waals surface area contributed by atoms with Gasteiger partial charge in [-0.2, -0.15) is 0 Å². The van der Waals surface area contributed by atoms with Gasteiger partial charge in [-0.1, -0.05) is 30.3 Å². The van der Waals surface area contributed by atoms with E-state index in [0.717, 1.165) is 11.3 Å². The summed E-state index contributed by atoms with van der Waals surface area (Å²) in [4.78, 5) is 11.7. The predicted octanol–water partition coefficient (Wildman–Crippen LogP) is 1.83. The molecule has 1 saturated heterocycles. The van der Waals surface area contributed by atoms with Gasteiger partial charge >= 0.3 is 6.09 Å². The standard InChI is InChI=1S/C14H17FN2O2/c15-14(8-17(9-14)13(18)19)7-16-12-6-11(12)10-4-2-1-3-5-10/h1-5,11-12,16H,6-9H2,(H,18,19). The maximum absolute atomic E-state index is 14.1. The Bertz CT molecular complexity index is 474. The molecule has 1 aromatic rings. The maximum Gasteiger partial charge on any atom is 0.407 e. The molecule has 2 fully saturated rings. The second-order valence-electron chi connectivity index (χ2n) is 5.53. The van der Waals surface area contributed by atoms with Crippen LogP contribution in [0.25, 0.3) is 0 Å². The predicted molar refractivity (Wildman–Crippen MR) is 69.0 cm³/mol. The molecule has 0 aromatic heterocycles. The molecule has 2 aliphatic rings. The van der Waals surface area contributed by atoms with Crippen molar-refractivity contribution < 1.29 is 14.3 Å². The van der Waals surface area contributed by atoms with Crippen LogP contribution in [0.5, 0.6) is 0 Å². The zero-order chi connectivity index (χ0) is 13.5. The number of nitrogens with one attached hydrogen (secondary N) is 1. The molecule has 0 radical (unpaired) electrons. The molecule has 4 nitrogen and oxygen atoms in total. The smallest absolute Gasteiger partial charge is 0.407 e. The Morgan fingerprint density at radius 2 is 2.11 bits per heavy atom. The van der Waals surface area contributed by atoms with Gasteiger partial charge in [0.05, 0.1) is 13.1 Å². The Balaban J connectivity index is 1.44. The van der Waals surface area contributed by atoms with Crippen LogP contribution in [0.2, 0.25) is 0 Å². The van der Waals surface area contributed by atoms with Gasteiger partial charge in [-0.3, -0.25) is 0 Å². The van der Waals surface area contributed by atoms with Crippen molar-refractivity contribution in [2.24, 2.45) is 0 Å². The van der Waals surface area contributed by atoms with E-state index in [1.807, 2.05) is 18.2 Å². The molecule has 3 rings (SSSR count). The van der Waals surface area contributed by atoms with Crippen molar-refractivity contribution in [2.45, 2.75) is 24.0 Å². The molecule has 2 N–H and O–H groups in total. The number of amides is 1. The molecule has 1 aliphatic heterocycles. The molecule has 2 atom stereocenters. The Labute approximate surface area is 111 Å². The fourth-order valence-electron chi connectivity index (χ4n) is 2.69. The van der Waals surface area contributed by atoms with Crippen LogP contribution < -0.4 is 5.32 Å². The first-order valence-electron chi connectivity index (χ1n) is 6.52. The summed E-state index contributed by atoms with van der Waals surface area (Å²) < 4.78 is 14.1. The van der Waals surface area contributed by atoms with Crippen LogP contribution in [0.3, 0.4) is 0 Å². The lowest BCUT2D eigenvalue weighted by Gasteiger charge is -2.42. The number of likely N-dealkylation sites (tertiary alicyclic amines) is 1. The lowest BCUT2D eigenvalue weighted by molar-refractivity contribution is -0.0190. The quantitative estimate of drug-likeness (QED) is 0.872. The molecule has 1 aliphatic carbocycles. The second kappa shape index (κ2) is 4.49. The first-order chi connectivity index (χ1) is 9.07. The molecular formula is C14H17FN2O2. The van der Waals surface area contributed by atoms with E-state index in [2.05, 4.69) is 17.4 Å². The van der Waals surface area contributed by atoms with Gasteiger partial charge in [-0.25, -0.2) is 9.18 Å². The van der Waals surface area contributed by atoms with Crippen LogP contribution in [0, 0.1) is 0 Å². The fourth-order valence-corrected chi connectivity index (χ4v) is 2.69. The monoisotopic (exact) mass is 264 g/mol. The third-order valence-corrected chi connectivity index (χ3v) is 3.92. The Morgan fingerprint density at radius 1 is 1.42 bits per heavy atom. The van der Waals surface area contributed by atoms with Crippen molar-refractivity contribution in [3.05, 3.63) is 35.9 Å². The van der Waals surface area contributed by atoms with Crippen LogP contribution in [0.4, 0.5) is 9.18 Å². The van der Waals surface area contributed by atoms with Gasteiger partial charge in [0.2, 0.25) is 0 Å². The van der Waals surface area contributed by atoms with Gasteiger partial charge in [-0.05, 0) is 12.0 Å². The van der Waals surface area contributed by atoms with Crippen LogP contribution in [0.1, 0.15) is 17.9 Å². The number of hydrogen-bond donors (Lipinski definition) is 2. The van der Waals surface area contributed by atoms with Gasteiger partial charge in [0.1, 0.15) is 0 Å². The summed E-state index contributed by atoms with van der Waals surface area (Å²) in [5, 5.41) is 11.9. The summed E-state index contributed by atoms with van der Waals surface area (Å²) in [6.45, 7) is 0.209. The number of carboxylic acid groups (broad SMARTS) is 1. The number of nitrogens with zero attached hydrogens (tertiary/aromatic N) is 1. The summed E-state index contributed by atoms with van der Waals surface area (Å²) in [5.41, 5.74) is -0.101. The lowest BCUT2D eigenvalue weighted by Crippen LogP contribution is -2.64. The van der Waals surface area contributed by atoms with E-state index in [9.17, 15) is 9.18 Å². The summed E-state index contributed by atoms with van der Waals surface area (Å²) in [5.74, 6) is 0.473. The van der Waals surface area contributed by atoms with Crippen LogP contribution >= 0.6 is 0 Å². The summed E-state index contributed by atoms with van der Waals surface area (Å²) >= 11 is 0. The normalized spacial score (nSPS) is 27.7. The number of hydrogen-bond acceptors (Lipinski definition) is 2. The second-order valence-corrected chi connectivity index (χ2v) is 5.53. The third kappa shape index (κ3) is 2.56. The minimum absolute atomic E-state index is 0.0158. The number of halogens is 1. The van der Waals surface area contributed by atoms with E-state index in [-0.39, 0.29) is 19.6 Å². The van der Waals surface area contributed by atoms with Gasteiger partial charge in [0.25, 0.3) is 0 Å². The minimum atomic E-state index is -1.39. The van der Waals surface area contributed by atoms with Crippen molar-refractivity contribution in [2.75, 3.05) is 19.6 Å². The minimum Gasteiger partial charge on any atom is -0.465 e. The maximum atomic E-state index is 14.1. The Kier molecular flexibility index (Phi) is 2.93. The van der Waals surface area contributed by atoms with Crippen molar-refractivity contribution in [3.8, 4) is 0 Å². The molecule has 1 amide bonds. The van der Waals surface area contributed by atoms with E-state index >= 15 is 0 Å². The first kappa shape index (κ1) is 12.4. The van der Waals surface area contributed by atoms with Crippen molar-refractivity contribution in [1.82, 2.24) is 10.2 Å². The number of alkyl halides is 1. The zero-order valence-electron chi connectivity index (χ0n) is 10.6.